The van der Waals surface area contributed by atoms with Crippen LogP contribution in [0.15, 0.2) is 146 Å². The lowest BCUT2D eigenvalue weighted by molar-refractivity contribution is -0.149. The minimum Gasteiger partial charge on any atom is -0.381 e. The largest absolute Gasteiger partial charge is 0.381 e. The summed E-state index contributed by atoms with van der Waals surface area (Å²) in [6.07, 6.45) is 6.05. The number of allylic oxidation sites excluding steroid dienone is 1. The first-order chi connectivity index (χ1) is 33.3. The predicted molar refractivity (Wildman–Crippen MR) is 283 cm³/mol. The van der Waals surface area contributed by atoms with Gasteiger partial charge in [0.25, 0.3) is 0 Å². The summed E-state index contributed by atoms with van der Waals surface area (Å²) in [5, 5.41) is 15.7. The van der Waals surface area contributed by atoms with Crippen molar-refractivity contribution in [3.63, 3.8) is 0 Å². The fourth-order valence-electron chi connectivity index (χ4n) is 12.4. The monoisotopic (exact) mass is 890 g/mol. The van der Waals surface area contributed by atoms with E-state index in [1.807, 2.05) is 0 Å². The standard InChI is InChI=1S/C64H58O4/c1-5-63(38-68-39-63)37-66-27-24-41-30-48-11-9-43-13-19-51(55-23-17-49(31-41)59(48)61(43)55)45-15-21-53-52-20-14-44(32-56(52)64(6-2,57(53)33-45)25-7-26-65-34-62(4)35-67-36-62)50-18-12-42-8-10-46-28-40(3)29-47-16-22-54(50)60(42)58(46)47/h6,8-23,28-33H,2,5,7,24-27,34-39H2,1,3-4H3. The molecule has 1 unspecified atom stereocenters. The van der Waals surface area contributed by atoms with E-state index in [2.05, 4.69) is 167 Å². The highest BCUT2D eigenvalue weighted by molar-refractivity contribution is 6.27. The van der Waals surface area contributed by atoms with Crippen molar-refractivity contribution in [3.8, 4) is 33.4 Å². The van der Waals surface area contributed by atoms with E-state index < -0.39 is 5.41 Å². The topological polar surface area (TPSA) is 36.9 Å². The van der Waals surface area contributed by atoms with Crippen molar-refractivity contribution in [3.05, 3.63) is 168 Å². The molecule has 3 aliphatic rings. The van der Waals surface area contributed by atoms with Gasteiger partial charge in [0.15, 0.2) is 0 Å². The molecule has 10 aromatic carbocycles. The summed E-state index contributed by atoms with van der Waals surface area (Å²) in [6.45, 7) is 17.5. The van der Waals surface area contributed by atoms with Crippen LogP contribution in [0.2, 0.25) is 0 Å². The summed E-state index contributed by atoms with van der Waals surface area (Å²) in [5.74, 6) is 0. The Morgan fingerprint density at radius 1 is 0.544 bits per heavy atom. The van der Waals surface area contributed by atoms with Crippen LogP contribution >= 0.6 is 0 Å². The van der Waals surface area contributed by atoms with Crippen LogP contribution in [0.3, 0.4) is 0 Å². The van der Waals surface area contributed by atoms with E-state index >= 15 is 0 Å². The molecule has 2 heterocycles. The highest BCUT2D eigenvalue weighted by Gasteiger charge is 2.42. The van der Waals surface area contributed by atoms with Gasteiger partial charge in [-0.1, -0.05) is 141 Å². The molecule has 1 atom stereocenters. The molecule has 0 aromatic heterocycles. The Balaban J connectivity index is 0.884. The Morgan fingerprint density at radius 2 is 1.04 bits per heavy atom. The predicted octanol–water partition coefficient (Wildman–Crippen LogP) is 15.4. The second-order valence-corrected chi connectivity index (χ2v) is 21.1. The summed E-state index contributed by atoms with van der Waals surface area (Å²) < 4.78 is 23.7. The number of rotatable bonds is 15. The van der Waals surface area contributed by atoms with Gasteiger partial charge in [-0.2, -0.15) is 0 Å². The van der Waals surface area contributed by atoms with E-state index in [0.717, 1.165) is 71.9 Å². The van der Waals surface area contributed by atoms with Crippen molar-refractivity contribution in [2.75, 3.05) is 52.9 Å². The molecule has 0 radical (unpaired) electrons. The summed E-state index contributed by atoms with van der Waals surface area (Å²) in [4.78, 5) is 0. The molecule has 68 heavy (non-hydrogen) atoms. The zero-order valence-electron chi connectivity index (χ0n) is 39.6. The van der Waals surface area contributed by atoms with E-state index in [1.165, 1.54) is 120 Å². The van der Waals surface area contributed by atoms with Crippen LogP contribution < -0.4 is 0 Å². The van der Waals surface area contributed by atoms with Crippen LogP contribution in [-0.4, -0.2) is 52.9 Å². The lowest BCUT2D eigenvalue weighted by atomic mass is 9.73. The van der Waals surface area contributed by atoms with Crippen LogP contribution in [0.25, 0.3) is 98.0 Å². The van der Waals surface area contributed by atoms with Gasteiger partial charge >= 0.3 is 0 Å². The van der Waals surface area contributed by atoms with Gasteiger partial charge in [0.1, 0.15) is 0 Å². The van der Waals surface area contributed by atoms with Crippen molar-refractivity contribution in [1.82, 2.24) is 0 Å². The SMILES string of the molecule is C=CC1(CCCOCC2(C)COC2)c2cc(-c3ccc4ccc5cc(C)cc6ccc3c4c56)ccc2-c2ccc(-c3ccc4ccc5cc(CCOCC6(CC)COC6)cc6ccc3c4c56)cc21. The quantitative estimate of drug-likeness (QED) is 0.0584. The maximum Gasteiger partial charge on any atom is 0.0566 e. The molecule has 2 fully saturated rings. The zero-order chi connectivity index (χ0) is 45.8. The van der Waals surface area contributed by atoms with Crippen molar-refractivity contribution in [2.45, 2.75) is 51.9 Å². The van der Waals surface area contributed by atoms with E-state index in [1.54, 1.807) is 0 Å². The Labute approximate surface area is 399 Å². The molecule has 0 spiro atoms. The normalized spacial score (nSPS) is 18.2. The maximum absolute atomic E-state index is 6.40. The third-order valence-electron chi connectivity index (χ3n) is 16.4. The molecule has 1 aliphatic carbocycles. The number of ether oxygens (including phenoxy) is 4. The minimum atomic E-state index is -0.405. The van der Waals surface area contributed by atoms with Gasteiger partial charge in [-0.15, -0.1) is 6.58 Å². The molecule has 10 aromatic rings. The molecule has 0 amide bonds. The summed E-state index contributed by atoms with van der Waals surface area (Å²) in [7, 11) is 0. The molecule has 4 nitrogen and oxygen atoms in total. The van der Waals surface area contributed by atoms with Crippen molar-refractivity contribution in [1.29, 1.82) is 0 Å². The van der Waals surface area contributed by atoms with E-state index in [9.17, 15) is 0 Å². The lowest BCUT2D eigenvalue weighted by Crippen LogP contribution is -2.45. The molecular weight excluding hydrogens is 833 g/mol. The third-order valence-corrected chi connectivity index (χ3v) is 16.4. The Morgan fingerprint density at radius 3 is 1.56 bits per heavy atom. The smallest absolute Gasteiger partial charge is 0.0566 e. The van der Waals surface area contributed by atoms with Gasteiger partial charge in [-0.05, 0) is 165 Å². The highest BCUT2D eigenvalue weighted by Crippen LogP contribution is 2.55. The Bertz CT molecular complexity index is 3570. The molecule has 4 heteroatoms. The third kappa shape index (κ3) is 6.56. The van der Waals surface area contributed by atoms with Gasteiger partial charge in [-0.3, -0.25) is 0 Å². The van der Waals surface area contributed by atoms with Crippen LogP contribution in [0.5, 0.6) is 0 Å². The van der Waals surface area contributed by atoms with Crippen LogP contribution in [-0.2, 0) is 30.8 Å². The summed E-state index contributed by atoms with van der Waals surface area (Å²) >= 11 is 0. The fraction of sp³-hybridized carbons (Fsp3) is 0.281. The highest BCUT2D eigenvalue weighted by atomic mass is 16.5. The van der Waals surface area contributed by atoms with Gasteiger partial charge in [0, 0.05) is 22.9 Å². The number of fused-ring (bicyclic) bond motifs is 3. The molecule has 2 saturated heterocycles. The molecule has 2 aliphatic heterocycles. The molecule has 13 rings (SSSR count). The van der Waals surface area contributed by atoms with Crippen molar-refractivity contribution in [2.24, 2.45) is 10.8 Å². The molecule has 0 bridgehead atoms. The average Bonchev–Trinajstić information content (AvgIpc) is 3.61. The van der Waals surface area contributed by atoms with Crippen LogP contribution in [0.1, 0.15) is 55.4 Å². The second-order valence-electron chi connectivity index (χ2n) is 21.1. The Kier molecular flexibility index (Phi) is 9.86. The maximum atomic E-state index is 6.40. The van der Waals surface area contributed by atoms with Gasteiger partial charge in [0.2, 0.25) is 0 Å². The lowest BCUT2D eigenvalue weighted by Gasteiger charge is -2.40. The van der Waals surface area contributed by atoms with Gasteiger partial charge in [0.05, 0.1) is 46.2 Å². The first-order valence-corrected chi connectivity index (χ1v) is 24.9. The minimum absolute atomic E-state index is 0.118. The zero-order valence-corrected chi connectivity index (χ0v) is 39.6. The molecule has 0 saturated carbocycles. The van der Waals surface area contributed by atoms with Gasteiger partial charge in [-0.25, -0.2) is 0 Å². The first kappa shape index (κ1) is 42.0. The van der Waals surface area contributed by atoms with Crippen molar-refractivity contribution < 1.29 is 18.9 Å². The number of benzene rings is 10. The van der Waals surface area contributed by atoms with Crippen molar-refractivity contribution >= 4 is 64.6 Å². The van der Waals surface area contributed by atoms with Crippen LogP contribution in [0, 0.1) is 17.8 Å². The van der Waals surface area contributed by atoms with Crippen LogP contribution in [0.4, 0.5) is 0 Å². The van der Waals surface area contributed by atoms with E-state index in [4.69, 9.17) is 18.9 Å². The van der Waals surface area contributed by atoms with Gasteiger partial charge < -0.3 is 18.9 Å². The fourth-order valence-corrected chi connectivity index (χ4v) is 12.4. The second kappa shape index (κ2) is 16.0. The molecular formula is C64H58O4. The van der Waals surface area contributed by atoms with E-state index in [-0.39, 0.29) is 10.8 Å². The number of hydrogen-bond acceptors (Lipinski definition) is 4. The first-order valence-electron chi connectivity index (χ1n) is 24.9. The summed E-state index contributed by atoms with van der Waals surface area (Å²) in [6, 6.07) is 51.7. The molecule has 0 N–H and O–H groups in total. The Hall–Kier alpha value is -6.14. The average molecular weight is 891 g/mol. The molecule has 338 valence electrons. The van der Waals surface area contributed by atoms with E-state index in [0.29, 0.717) is 6.61 Å². The number of hydrogen-bond donors (Lipinski definition) is 0. The summed E-state index contributed by atoms with van der Waals surface area (Å²) in [5.41, 5.74) is 12.8. The number of aryl methyl sites for hydroxylation is 1.